The largest absolute Gasteiger partial charge is 0.451 e. The van der Waals surface area contributed by atoms with Crippen molar-refractivity contribution in [2.75, 3.05) is 0 Å². The highest BCUT2D eigenvalue weighted by Crippen LogP contribution is 2.29. The van der Waals surface area contributed by atoms with Crippen LogP contribution in [0.3, 0.4) is 0 Å². The maximum Gasteiger partial charge on any atom is 0.287 e. The minimum absolute atomic E-state index is 0.187. The number of aromatic nitrogens is 1. The summed E-state index contributed by atoms with van der Waals surface area (Å²) in [4.78, 5) is 19.2. The Balaban J connectivity index is 1.48. The smallest absolute Gasteiger partial charge is 0.287 e. The van der Waals surface area contributed by atoms with Crippen LogP contribution in [0, 0.1) is 13.8 Å². The predicted molar refractivity (Wildman–Crippen MR) is 102 cm³/mol. The molecule has 3 heterocycles. The molecule has 126 valence electrons. The minimum atomic E-state index is -0.187. The fourth-order valence-corrected chi connectivity index (χ4v) is 4.32. The van der Waals surface area contributed by atoms with E-state index >= 15 is 0 Å². The van der Waals surface area contributed by atoms with E-state index in [-0.39, 0.29) is 5.91 Å². The summed E-state index contributed by atoms with van der Waals surface area (Å²) in [5.74, 6) is 0.196. The topological polar surface area (TPSA) is 55.1 Å². The summed E-state index contributed by atoms with van der Waals surface area (Å²) in [6, 6.07) is 11.8. The van der Waals surface area contributed by atoms with Crippen molar-refractivity contribution in [2.45, 2.75) is 20.4 Å². The number of para-hydroxylation sites is 1. The second-order valence-corrected chi connectivity index (χ2v) is 7.98. The lowest BCUT2D eigenvalue weighted by Crippen LogP contribution is -2.22. The monoisotopic (exact) mass is 368 g/mol. The van der Waals surface area contributed by atoms with E-state index in [4.69, 9.17) is 4.42 Å². The molecule has 0 aliphatic carbocycles. The van der Waals surface area contributed by atoms with Gasteiger partial charge in [0.2, 0.25) is 0 Å². The van der Waals surface area contributed by atoms with Crippen molar-refractivity contribution < 1.29 is 9.21 Å². The van der Waals surface area contributed by atoms with E-state index < -0.39 is 0 Å². The summed E-state index contributed by atoms with van der Waals surface area (Å²) < 4.78 is 5.71. The molecule has 4 nitrogen and oxygen atoms in total. The van der Waals surface area contributed by atoms with Gasteiger partial charge in [0, 0.05) is 21.2 Å². The Bertz CT molecular complexity index is 1060. The molecule has 1 N–H and O–H groups in total. The van der Waals surface area contributed by atoms with Crippen LogP contribution in [0.5, 0.6) is 0 Å². The Morgan fingerprint density at radius 3 is 2.80 bits per heavy atom. The van der Waals surface area contributed by atoms with Crippen molar-refractivity contribution >= 4 is 39.5 Å². The Hall–Kier alpha value is -2.44. The van der Waals surface area contributed by atoms with Crippen molar-refractivity contribution in [3.8, 4) is 10.6 Å². The number of carbonyl (C=O) groups is 1. The standard InChI is InChI=1S/C19H16N2O2S2/c1-11-14-5-3-4-6-16(14)23-18(11)19(22)20-9-13-7-8-17(25-13)15-10-24-12(2)21-15/h3-8,10H,9H2,1-2H3,(H,20,22). The number of nitrogens with one attached hydrogen (secondary N) is 1. The molecule has 0 spiro atoms. The molecule has 4 rings (SSSR count). The van der Waals surface area contributed by atoms with Crippen molar-refractivity contribution in [1.82, 2.24) is 10.3 Å². The van der Waals surface area contributed by atoms with Crippen LogP contribution in [0.4, 0.5) is 0 Å². The molecule has 3 aromatic heterocycles. The molecule has 0 aliphatic heterocycles. The molecule has 0 saturated heterocycles. The van der Waals surface area contributed by atoms with Crippen molar-refractivity contribution in [1.29, 1.82) is 0 Å². The number of thiazole rings is 1. The molecule has 25 heavy (non-hydrogen) atoms. The van der Waals surface area contributed by atoms with Crippen LogP contribution in [0.1, 0.15) is 26.0 Å². The molecule has 0 fully saturated rings. The predicted octanol–water partition coefficient (Wildman–Crippen LogP) is 5.16. The number of rotatable bonds is 4. The number of hydrogen-bond acceptors (Lipinski definition) is 5. The lowest BCUT2D eigenvalue weighted by atomic mass is 10.1. The highest BCUT2D eigenvalue weighted by Gasteiger charge is 2.17. The molecule has 0 saturated carbocycles. The quantitative estimate of drug-likeness (QED) is 0.541. The van der Waals surface area contributed by atoms with Gasteiger partial charge in [-0.25, -0.2) is 4.98 Å². The molecular formula is C19H16N2O2S2. The van der Waals surface area contributed by atoms with Gasteiger partial charge < -0.3 is 9.73 Å². The lowest BCUT2D eigenvalue weighted by Gasteiger charge is -2.01. The molecular weight excluding hydrogens is 352 g/mol. The van der Waals surface area contributed by atoms with E-state index in [1.807, 2.05) is 50.2 Å². The Labute approximate surface area is 153 Å². The van der Waals surface area contributed by atoms with Gasteiger partial charge in [-0.3, -0.25) is 4.79 Å². The first-order valence-corrected chi connectivity index (χ1v) is 9.59. The van der Waals surface area contributed by atoms with Gasteiger partial charge in [-0.15, -0.1) is 22.7 Å². The zero-order valence-electron chi connectivity index (χ0n) is 13.8. The fourth-order valence-electron chi connectivity index (χ4n) is 2.73. The third kappa shape index (κ3) is 3.10. The molecule has 0 atom stereocenters. The highest BCUT2D eigenvalue weighted by atomic mass is 32.1. The Morgan fingerprint density at radius 1 is 1.20 bits per heavy atom. The van der Waals surface area contributed by atoms with Gasteiger partial charge in [0.1, 0.15) is 5.58 Å². The maximum absolute atomic E-state index is 12.5. The summed E-state index contributed by atoms with van der Waals surface area (Å²) >= 11 is 3.29. The highest BCUT2D eigenvalue weighted by molar-refractivity contribution is 7.16. The normalized spacial score (nSPS) is 11.1. The third-order valence-electron chi connectivity index (χ3n) is 4.01. The molecule has 4 aromatic rings. The van der Waals surface area contributed by atoms with E-state index in [1.165, 1.54) is 0 Å². The van der Waals surface area contributed by atoms with Gasteiger partial charge in [0.05, 0.1) is 22.1 Å². The van der Waals surface area contributed by atoms with E-state index in [0.29, 0.717) is 12.3 Å². The number of amides is 1. The number of furan rings is 1. The number of aryl methyl sites for hydroxylation is 2. The average molecular weight is 368 g/mol. The molecule has 0 radical (unpaired) electrons. The summed E-state index contributed by atoms with van der Waals surface area (Å²) in [5.41, 5.74) is 2.61. The van der Waals surface area contributed by atoms with Crippen molar-refractivity contribution in [2.24, 2.45) is 0 Å². The average Bonchev–Trinajstić information content (AvgIpc) is 3.32. The second-order valence-electron chi connectivity index (χ2n) is 5.75. The van der Waals surface area contributed by atoms with Crippen LogP contribution in [-0.4, -0.2) is 10.9 Å². The molecule has 1 aromatic carbocycles. The number of benzene rings is 1. The lowest BCUT2D eigenvalue weighted by molar-refractivity contribution is 0.0925. The summed E-state index contributed by atoms with van der Waals surface area (Å²) in [6.07, 6.45) is 0. The summed E-state index contributed by atoms with van der Waals surface area (Å²) in [7, 11) is 0. The Morgan fingerprint density at radius 2 is 2.04 bits per heavy atom. The van der Waals surface area contributed by atoms with E-state index in [0.717, 1.165) is 37.0 Å². The fraction of sp³-hybridized carbons (Fsp3) is 0.158. The zero-order chi connectivity index (χ0) is 17.4. The van der Waals surface area contributed by atoms with Gasteiger partial charge in [-0.05, 0) is 32.0 Å². The van der Waals surface area contributed by atoms with Gasteiger partial charge in [-0.1, -0.05) is 18.2 Å². The van der Waals surface area contributed by atoms with E-state index in [1.54, 1.807) is 22.7 Å². The van der Waals surface area contributed by atoms with Crippen molar-refractivity contribution in [3.63, 3.8) is 0 Å². The first-order chi connectivity index (χ1) is 12.1. The SMILES string of the molecule is Cc1nc(-c2ccc(CNC(=O)c3oc4ccccc4c3C)s2)cs1. The van der Waals surface area contributed by atoms with Crippen LogP contribution in [0.2, 0.25) is 0 Å². The zero-order valence-corrected chi connectivity index (χ0v) is 15.5. The molecule has 0 unspecified atom stereocenters. The molecule has 6 heteroatoms. The van der Waals surface area contributed by atoms with Gasteiger partial charge in [0.25, 0.3) is 5.91 Å². The minimum Gasteiger partial charge on any atom is -0.451 e. The van der Waals surface area contributed by atoms with Crippen LogP contribution in [0.15, 0.2) is 46.2 Å². The van der Waals surface area contributed by atoms with Crippen LogP contribution in [0.25, 0.3) is 21.5 Å². The first-order valence-electron chi connectivity index (χ1n) is 7.89. The van der Waals surface area contributed by atoms with Gasteiger partial charge >= 0.3 is 0 Å². The Kier molecular flexibility index (Phi) is 4.15. The summed E-state index contributed by atoms with van der Waals surface area (Å²) in [6.45, 7) is 4.39. The molecule has 0 aliphatic rings. The van der Waals surface area contributed by atoms with Gasteiger partial charge in [-0.2, -0.15) is 0 Å². The van der Waals surface area contributed by atoms with Crippen LogP contribution in [-0.2, 0) is 6.54 Å². The van der Waals surface area contributed by atoms with Crippen LogP contribution >= 0.6 is 22.7 Å². The maximum atomic E-state index is 12.5. The number of hydrogen-bond donors (Lipinski definition) is 1. The van der Waals surface area contributed by atoms with Gasteiger partial charge in [0.15, 0.2) is 5.76 Å². The number of thiophene rings is 1. The van der Waals surface area contributed by atoms with Crippen molar-refractivity contribution in [3.05, 3.63) is 63.0 Å². The summed E-state index contributed by atoms with van der Waals surface area (Å²) in [5, 5.41) is 7.03. The van der Waals surface area contributed by atoms with E-state index in [2.05, 4.69) is 15.7 Å². The molecule has 1 amide bonds. The second kappa shape index (κ2) is 6.46. The number of nitrogens with zero attached hydrogens (tertiary/aromatic N) is 1. The molecule has 0 bridgehead atoms. The number of carbonyl (C=O) groups excluding carboxylic acids is 1. The first kappa shape index (κ1) is 16.1. The van der Waals surface area contributed by atoms with E-state index in [9.17, 15) is 4.79 Å². The van der Waals surface area contributed by atoms with Crippen LogP contribution < -0.4 is 5.32 Å². The third-order valence-corrected chi connectivity index (χ3v) is 5.89. The number of fused-ring (bicyclic) bond motifs is 1.